The molecule has 0 aliphatic heterocycles. The van der Waals surface area contributed by atoms with Crippen molar-refractivity contribution in [2.75, 3.05) is 10.6 Å². The van der Waals surface area contributed by atoms with E-state index in [4.69, 9.17) is 4.42 Å². The summed E-state index contributed by atoms with van der Waals surface area (Å²) in [6, 6.07) is 21.3. The summed E-state index contributed by atoms with van der Waals surface area (Å²) in [5.74, 6) is -0.854. The number of hydrogen-bond acceptors (Lipinski definition) is 8. The maximum Gasteiger partial charge on any atom is 0.291 e. The lowest BCUT2D eigenvalue weighted by molar-refractivity contribution is -0.384. The van der Waals surface area contributed by atoms with Crippen LogP contribution in [0.15, 0.2) is 83.3 Å². The van der Waals surface area contributed by atoms with E-state index in [2.05, 4.69) is 20.8 Å². The van der Waals surface area contributed by atoms with E-state index in [9.17, 15) is 19.7 Å². The minimum absolute atomic E-state index is 0.0342. The van der Waals surface area contributed by atoms with Crippen LogP contribution in [0.3, 0.4) is 0 Å². The Bertz CT molecular complexity index is 1540. The molecule has 3 aromatic carbocycles. The molecule has 2 heterocycles. The van der Waals surface area contributed by atoms with E-state index in [0.29, 0.717) is 21.8 Å². The van der Waals surface area contributed by atoms with Crippen molar-refractivity contribution < 1.29 is 18.9 Å². The van der Waals surface area contributed by atoms with Gasteiger partial charge in [-0.2, -0.15) is 0 Å². The average Bonchev–Trinajstić information content (AvgIpc) is 3.51. The van der Waals surface area contributed by atoms with Gasteiger partial charge in [-0.3, -0.25) is 25.0 Å². The van der Waals surface area contributed by atoms with Gasteiger partial charge in [-0.1, -0.05) is 41.7 Å². The molecule has 2 amide bonds. The fraction of sp³-hybridized carbons (Fsp3) is 0. The van der Waals surface area contributed by atoms with Crippen LogP contribution >= 0.6 is 11.3 Å². The smallest absolute Gasteiger partial charge is 0.291 e. The number of hydrogen-bond donors (Lipinski definition) is 2. The minimum Gasteiger partial charge on any atom is -0.451 e. The largest absolute Gasteiger partial charge is 0.451 e. The number of furan rings is 1. The van der Waals surface area contributed by atoms with Crippen LogP contribution in [-0.4, -0.2) is 26.9 Å². The van der Waals surface area contributed by atoms with Crippen molar-refractivity contribution in [3.63, 3.8) is 0 Å². The van der Waals surface area contributed by atoms with Crippen LogP contribution in [0.1, 0.15) is 20.9 Å². The first-order chi connectivity index (χ1) is 17.0. The molecule has 11 heteroatoms. The zero-order valence-electron chi connectivity index (χ0n) is 17.8. The molecule has 0 bridgehead atoms. The van der Waals surface area contributed by atoms with Gasteiger partial charge in [-0.25, -0.2) is 0 Å². The Labute approximate surface area is 201 Å². The third-order valence-corrected chi connectivity index (χ3v) is 5.93. The maximum absolute atomic E-state index is 12.9. The fourth-order valence-electron chi connectivity index (χ4n) is 3.35. The number of aromatic nitrogens is 2. The van der Waals surface area contributed by atoms with Gasteiger partial charge in [0.05, 0.1) is 16.2 Å². The average molecular weight is 485 g/mol. The van der Waals surface area contributed by atoms with Crippen LogP contribution in [0.5, 0.6) is 0 Å². The number of amides is 2. The SMILES string of the molecule is O=C(Nc1ccccc1C(=O)Nc1nnc(-c2ccc([N+](=O)[O-])cc2)s1)c1cc2ccccc2o1. The Morgan fingerprint density at radius 2 is 1.63 bits per heavy atom. The molecule has 0 fully saturated rings. The van der Waals surface area contributed by atoms with Crippen molar-refractivity contribution >= 4 is 50.6 Å². The Hall–Kier alpha value is -4.90. The molecule has 0 saturated carbocycles. The molecule has 2 aromatic heterocycles. The molecule has 0 unspecified atom stereocenters. The number of non-ortho nitro benzene ring substituents is 1. The fourth-order valence-corrected chi connectivity index (χ4v) is 4.09. The number of carbonyl (C=O) groups is 2. The topological polar surface area (TPSA) is 140 Å². The van der Waals surface area contributed by atoms with Crippen LogP contribution in [0.25, 0.3) is 21.5 Å². The Balaban J connectivity index is 1.32. The number of anilines is 2. The number of para-hydroxylation sites is 2. The summed E-state index contributed by atoms with van der Waals surface area (Å²) in [5, 5.41) is 25.8. The number of fused-ring (bicyclic) bond motifs is 1. The summed E-state index contributed by atoms with van der Waals surface area (Å²) in [4.78, 5) is 36.0. The van der Waals surface area contributed by atoms with Gasteiger partial charge in [0, 0.05) is 23.1 Å². The summed E-state index contributed by atoms with van der Waals surface area (Å²) >= 11 is 1.12. The second-order valence-electron chi connectivity index (χ2n) is 7.32. The van der Waals surface area contributed by atoms with Gasteiger partial charge in [-0.05, 0) is 36.4 Å². The molecule has 0 spiro atoms. The van der Waals surface area contributed by atoms with Gasteiger partial charge >= 0.3 is 0 Å². The van der Waals surface area contributed by atoms with Crippen molar-refractivity contribution in [3.8, 4) is 10.6 Å². The summed E-state index contributed by atoms with van der Waals surface area (Å²) in [5.41, 5.74) is 1.71. The molecular formula is C24H15N5O5S. The highest BCUT2D eigenvalue weighted by atomic mass is 32.1. The standard InChI is InChI=1S/C24H15N5O5S/c30-21(26-24-28-27-23(35-24)14-9-11-16(12-10-14)29(32)33)17-6-2-3-7-18(17)25-22(31)20-13-15-5-1-4-8-19(15)34-20/h1-13H,(H,25,31)(H,26,28,30). The third kappa shape index (κ3) is 4.61. The van der Waals surface area contributed by atoms with Crippen molar-refractivity contribution in [1.82, 2.24) is 10.2 Å². The molecule has 5 rings (SSSR count). The third-order valence-electron chi connectivity index (χ3n) is 5.04. The van der Waals surface area contributed by atoms with Gasteiger partial charge in [-0.15, -0.1) is 10.2 Å². The maximum atomic E-state index is 12.9. The van der Waals surface area contributed by atoms with Gasteiger partial charge in [0.2, 0.25) is 5.13 Å². The summed E-state index contributed by atoms with van der Waals surface area (Å²) in [6.07, 6.45) is 0. The molecule has 0 aliphatic rings. The van der Waals surface area contributed by atoms with Gasteiger partial charge < -0.3 is 9.73 Å². The number of nitro groups is 1. The quantitative estimate of drug-likeness (QED) is 0.243. The van der Waals surface area contributed by atoms with E-state index in [1.54, 1.807) is 48.5 Å². The molecule has 0 atom stereocenters. The molecule has 0 saturated heterocycles. The lowest BCUT2D eigenvalue weighted by atomic mass is 10.1. The highest BCUT2D eigenvalue weighted by Gasteiger charge is 2.18. The van der Waals surface area contributed by atoms with E-state index in [-0.39, 0.29) is 22.1 Å². The molecule has 2 N–H and O–H groups in total. The predicted molar refractivity (Wildman–Crippen MR) is 131 cm³/mol. The summed E-state index contributed by atoms with van der Waals surface area (Å²) < 4.78 is 5.60. The lowest BCUT2D eigenvalue weighted by Gasteiger charge is -2.09. The molecular weight excluding hydrogens is 470 g/mol. The van der Waals surface area contributed by atoms with E-state index >= 15 is 0 Å². The normalized spacial score (nSPS) is 10.7. The van der Waals surface area contributed by atoms with E-state index < -0.39 is 16.7 Å². The first-order valence-corrected chi connectivity index (χ1v) is 11.1. The van der Waals surface area contributed by atoms with E-state index in [0.717, 1.165) is 16.7 Å². The molecule has 10 nitrogen and oxygen atoms in total. The molecule has 5 aromatic rings. The zero-order valence-corrected chi connectivity index (χ0v) is 18.6. The van der Waals surface area contributed by atoms with E-state index in [1.807, 2.05) is 18.2 Å². The number of rotatable bonds is 6. The van der Waals surface area contributed by atoms with Crippen LogP contribution in [-0.2, 0) is 0 Å². The Kier molecular flexibility index (Phi) is 5.73. The summed E-state index contributed by atoms with van der Waals surface area (Å²) in [7, 11) is 0. The minimum atomic E-state index is -0.489. The van der Waals surface area contributed by atoms with Crippen LogP contribution in [0, 0.1) is 10.1 Å². The Morgan fingerprint density at radius 3 is 2.40 bits per heavy atom. The van der Waals surface area contributed by atoms with Crippen LogP contribution in [0.4, 0.5) is 16.5 Å². The number of carbonyl (C=O) groups excluding carboxylic acids is 2. The van der Waals surface area contributed by atoms with Crippen LogP contribution in [0.2, 0.25) is 0 Å². The molecule has 35 heavy (non-hydrogen) atoms. The molecule has 0 radical (unpaired) electrons. The number of nitro benzene ring substituents is 1. The highest BCUT2D eigenvalue weighted by Crippen LogP contribution is 2.29. The predicted octanol–water partition coefficient (Wildman–Crippen LogP) is 5.36. The second kappa shape index (κ2) is 9.15. The highest BCUT2D eigenvalue weighted by molar-refractivity contribution is 7.18. The van der Waals surface area contributed by atoms with Crippen molar-refractivity contribution in [3.05, 3.63) is 100 Å². The van der Waals surface area contributed by atoms with Crippen molar-refractivity contribution in [1.29, 1.82) is 0 Å². The van der Waals surface area contributed by atoms with Crippen molar-refractivity contribution in [2.24, 2.45) is 0 Å². The molecule has 172 valence electrons. The number of nitrogens with zero attached hydrogens (tertiary/aromatic N) is 3. The van der Waals surface area contributed by atoms with E-state index in [1.165, 1.54) is 12.1 Å². The number of nitrogens with one attached hydrogen (secondary N) is 2. The van der Waals surface area contributed by atoms with Gasteiger partial charge in [0.1, 0.15) is 10.6 Å². The van der Waals surface area contributed by atoms with Gasteiger partial charge in [0.25, 0.3) is 17.5 Å². The first kappa shape index (κ1) is 21.9. The monoisotopic (exact) mass is 485 g/mol. The lowest BCUT2D eigenvalue weighted by Crippen LogP contribution is -2.17. The van der Waals surface area contributed by atoms with Crippen molar-refractivity contribution in [2.45, 2.75) is 0 Å². The zero-order chi connectivity index (χ0) is 24.4. The second-order valence-corrected chi connectivity index (χ2v) is 8.30. The summed E-state index contributed by atoms with van der Waals surface area (Å²) in [6.45, 7) is 0. The molecule has 0 aliphatic carbocycles. The van der Waals surface area contributed by atoms with Gasteiger partial charge in [0.15, 0.2) is 5.76 Å². The number of benzene rings is 3. The van der Waals surface area contributed by atoms with Crippen LogP contribution < -0.4 is 10.6 Å². The Morgan fingerprint density at radius 1 is 0.886 bits per heavy atom. The first-order valence-electron chi connectivity index (χ1n) is 10.3.